The van der Waals surface area contributed by atoms with Crippen molar-refractivity contribution in [3.8, 4) is 0 Å². The molecule has 6 heteroatoms. The van der Waals surface area contributed by atoms with Crippen LogP contribution in [-0.4, -0.2) is 34.8 Å². The highest BCUT2D eigenvalue weighted by atomic mass is 32.1. The Balaban J connectivity index is 1.52. The first kappa shape index (κ1) is 15.5. The monoisotopic (exact) mass is 321 g/mol. The Labute approximate surface area is 135 Å². The summed E-state index contributed by atoms with van der Waals surface area (Å²) in [4.78, 5) is 30.5. The van der Waals surface area contributed by atoms with Crippen molar-refractivity contribution in [2.75, 3.05) is 18.4 Å². The molecule has 1 saturated carbocycles. The topological polar surface area (TPSA) is 62.3 Å². The Morgan fingerprint density at radius 3 is 2.82 bits per heavy atom. The Bertz CT molecular complexity index is 528. The molecule has 1 aromatic rings. The molecule has 1 saturated heterocycles. The van der Waals surface area contributed by atoms with Crippen molar-refractivity contribution in [2.45, 2.75) is 39.0 Å². The van der Waals surface area contributed by atoms with Gasteiger partial charge in [-0.3, -0.25) is 9.59 Å². The van der Waals surface area contributed by atoms with E-state index in [0.29, 0.717) is 35.2 Å². The molecular formula is C16H23N3O2S. The summed E-state index contributed by atoms with van der Waals surface area (Å²) in [6, 6.07) is 0. The quantitative estimate of drug-likeness (QED) is 0.907. The summed E-state index contributed by atoms with van der Waals surface area (Å²) < 4.78 is 0. The van der Waals surface area contributed by atoms with Crippen LogP contribution in [-0.2, 0) is 9.59 Å². The number of likely N-dealkylation sites (tertiary alicyclic amines) is 1. The van der Waals surface area contributed by atoms with Crippen LogP contribution >= 0.6 is 11.3 Å². The van der Waals surface area contributed by atoms with E-state index in [1.54, 1.807) is 6.20 Å². The summed E-state index contributed by atoms with van der Waals surface area (Å²) in [5.74, 6) is 1.47. The molecule has 1 aromatic heterocycles. The van der Waals surface area contributed by atoms with Crippen LogP contribution in [0.25, 0.3) is 0 Å². The lowest BCUT2D eigenvalue weighted by Gasteiger charge is -2.38. The molecule has 5 nitrogen and oxygen atoms in total. The standard InChI is InChI=1S/C16H23N3O2S/c1-2-11-10-19(15(21)12-3-4-12)7-5-13(11)9-14(20)18-16-17-6-8-22-16/h6,8,11-13H,2-5,7,9-10H2,1H3,(H,17,18,20)/t11-,13+/m1/s1. The number of hydrogen-bond donors (Lipinski definition) is 1. The highest BCUT2D eigenvalue weighted by Crippen LogP contribution is 2.35. The second-order valence-electron chi connectivity index (χ2n) is 6.37. The minimum Gasteiger partial charge on any atom is -0.342 e. The number of carbonyl (C=O) groups excluding carboxylic acids is 2. The first-order chi connectivity index (χ1) is 10.7. The van der Waals surface area contributed by atoms with E-state index in [4.69, 9.17) is 0 Å². The number of nitrogens with one attached hydrogen (secondary N) is 1. The van der Waals surface area contributed by atoms with Crippen molar-refractivity contribution in [1.29, 1.82) is 0 Å². The van der Waals surface area contributed by atoms with Gasteiger partial charge in [0.15, 0.2) is 5.13 Å². The van der Waals surface area contributed by atoms with Gasteiger partial charge in [-0.15, -0.1) is 11.3 Å². The van der Waals surface area contributed by atoms with Gasteiger partial charge in [0, 0.05) is 37.0 Å². The van der Waals surface area contributed by atoms with Crippen LogP contribution < -0.4 is 5.32 Å². The molecule has 1 aliphatic heterocycles. The first-order valence-corrected chi connectivity index (χ1v) is 9.03. The molecule has 22 heavy (non-hydrogen) atoms. The molecule has 2 aliphatic rings. The molecule has 2 amide bonds. The third-order valence-electron chi connectivity index (χ3n) is 4.78. The fraction of sp³-hybridized carbons (Fsp3) is 0.688. The Morgan fingerprint density at radius 1 is 1.36 bits per heavy atom. The molecule has 0 radical (unpaired) electrons. The van der Waals surface area contributed by atoms with Gasteiger partial charge in [-0.05, 0) is 31.1 Å². The summed E-state index contributed by atoms with van der Waals surface area (Å²) in [5.41, 5.74) is 0. The zero-order valence-corrected chi connectivity index (χ0v) is 13.8. The lowest BCUT2D eigenvalue weighted by molar-refractivity contribution is -0.135. The van der Waals surface area contributed by atoms with Crippen LogP contribution in [0, 0.1) is 17.8 Å². The minimum absolute atomic E-state index is 0.0420. The number of nitrogens with zero attached hydrogens (tertiary/aromatic N) is 2. The summed E-state index contributed by atoms with van der Waals surface area (Å²) >= 11 is 1.44. The second kappa shape index (κ2) is 6.77. The van der Waals surface area contributed by atoms with Gasteiger partial charge in [-0.2, -0.15) is 0 Å². The van der Waals surface area contributed by atoms with E-state index in [1.807, 2.05) is 10.3 Å². The molecule has 0 spiro atoms. The summed E-state index contributed by atoms with van der Waals surface area (Å²) in [6.45, 7) is 3.78. The maximum Gasteiger partial charge on any atom is 0.226 e. The molecule has 120 valence electrons. The maximum atomic E-state index is 12.2. The van der Waals surface area contributed by atoms with Crippen LogP contribution in [0.4, 0.5) is 5.13 Å². The van der Waals surface area contributed by atoms with Crippen LogP contribution in [0.2, 0.25) is 0 Å². The second-order valence-corrected chi connectivity index (χ2v) is 7.26. The molecule has 2 heterocycles. The third-order valence-corrected chi connectivity index (χ3v) is 5.47. The molecular weight excluding hydrogens is 298 g/mol. The number of hydrogen-bond acceptors (Lipinski definition) is 4. The maximum absolute atomic E-state index is 12.2. The van der Waals surface area contributed by atoms with Crippen molar-refractivity contribution in [1.82, 2.24) is 9.88 Å². The van der Waals surface area contributed by atoms with Gasteiger partial charge in [-0.25, -0.2) is 4.98 Å². The van der Waals surface area contributed by atoms with Crippen molar-refractivity contribution < 1.29 is 9.59 Å². The molecule has 0 bridgehead atoms. The smallest absolute Gasteiger partial charge is 0.226 e. The average molecular weight is 321 g/mol. The molecule has 1 N–H and O–H groups in total. The van der Waals surface area contributed by atoms with Crippen molar-refractivity contribution in [3.63, 3.8) is 0 Å². The van der Waals surface area contributed by atoms with E-state index in [9.17, 15) is 9.59 Å². The number of thiazole rings is 1. The van der Waals surface area contributed by atoms with Crippen LogP contribution in [0.3, 0.4) is 0 Å². The van der Waals surface area contributed by atoms with E-state index in [2.05, 4.69) is 17.2 Å². The van der Waals surface area contributed by atoms with Gasteiger partial charge in [-0.1, -0.05) is 13.3 Å². The van der Waals surface area contributed by atoms with Crippen molar-refractivity contribution >= 4 is 28.3 Å². The van der Waals surface area contributed by atoms with Gasteiger partial charge < -0.3 is 10.2 Å². The number of piperidine rings is 1. The zero-order valence-electron chi connectivity index (χ0n) is 13.0. The molecule has 0 aromatic carbocycles. The SMILES string of the molecule is CC[C@@H]1CN(C(=O)C2CC2)CC[C@H]1CC(=O)Nc1nccs1. The Morgan fingerprint density at radius 2 is 2.18 bits per heavy atom. The van der Waals surface area contributed by atoms with Crippen molar-refractivity contribution in [3.05, 3.63) is 11.6 Å². The van der Waals surface area contributed by atoms with E-state index < -0.39 is 0 Å². The van der Waals surface area contributed by atoms with Gasteiger partial charge in [0.25, 0.3) is 0 Å². The predicted molar refractivity (Wildman–Crippen MR) is 86.6 cm³/mol. The Kier molecular flexibility index (Phi) is 4.76. The minimum atomic E-state index is 0.0420. The number of anilines is 1. The van der Waals surface area contributed by atoms with Gasteiger partial charge in [0.05, 0.1) is 0 Å². The largest absolute Gasteiger partial charge is 0.342 e. The molecule has 0 unspecified atom stereocenters. The van der Waals surface area contributed by atoms with Crippen molar-refractivity contribution in [2.24, 2.45) is 17.8 Å². The van der Waals surface area contributed by atoms with Crippen LogP contribution in [0.5, 0.6) is 0 Å². The Hall–Kier alpha value is -1.43. The van der Waals surface area contributed by atoms with E-state index >= 15 is 0 Å². The average Bonchev–Trinajstić information content (AvgIpc) is 3.25. The number of aromatic nitrogens is 1. The highest BCUT2D eigenvalue weighted by molar-refractivity contribution is 7.13. The van der Waals surface area contributed by atoms with E-state index in [-0.39, 0.29) is 5.91 Å². The molecule has 2 fully saturated rings. The summed E-state index contributed by atoms with van der Waals surface area (Å²) in [7, 11) is 0. The number of rotatable bonds is 5. The van der Waals surface area contributed by atoms with Gasteiger partial charge >= 0.3 is 0 Å². The number of carbonyl (C=O) groups is 2. The fourth-order valence-electron chi connectivity index (χ4n) is 3.29. The zero-order chi connectivity index (χ0) is 15.5. The van der Waals surface area contributed by atoms with Crippen LogP contribution in [0.15, 0.2) is 11.6 Å². The van der Waals surface area contributed by atoms with E-state index in [1.165, 1.54) is 11.3 Å². The summed E-state index contributed by atoms with van der Waals surface area (Å²) in [5, 5.41) is 5.38. The number of amides is 2. The van der Waals surface area contributed by atoms with Crippen LogP contribution in [0.1, 0.15) is 39.0 Å². The van der Waals surface area contributed by atoms with E-state index in [0.717, 1.165) is 38.8 Å². The molecule has 3 rings (SSSR count). The summed E-state index contributed by atoms with van der Waals surface area (Å²) in [6.07, 6.45) is 6.30. The highest BCUT2D eigenvalue weighted by Gasteiger charge is 2.37. The first-order valence-electron chi connectivity index (χ1n) is 8.15. The molecule has 2 atom stereocenters. The molecule has 1 aliphatic carbocycles. The van der Waals surface area contributed by atoms with Gasteiger partial charge in [0.1, 0.15) is 0 Å². The third kappa shape index (κ3) is 3.66. The van der Waals surface area contributed by atoms with Gasteiger partial charge in [0.2, 0.25) is 11.8 Å². The fourth-order valence-corrected chi connectivity index (χ4v) is 3.84. The normalized spacial score (nSPS) is 25.0. The lowest BCUT2D eigenvalue weighted by atomic mass is 9.81. The predicted octanol–water partition coefficient (Wildman–Crippen LogP) is 2.76. The lowest BCUT2D eigenvalue weighted by Crippen LogP contribution is -2.45.